The summed E-state index contributed by atoms with van der Waals surface area (Å²) in [7, 11) is 0. The lowest BCUT2D eigenvalue weighted by atomic mass is 9.96. The summed E-state index contributed by atoms with van der Waals surface area (Å²) in [4.78, 5) is 21.0. The molecule has 0 aromatic heterocycles. The van der Waals surface area contributed by atoms with Gasteiger partial charge in [0.1, 0.15) is 0 Å². The standard InChI is InChI=1S/C14H24O4/c1-10(7-12(3)9-14(17)18)5-4-6-11(2)8-13(15)16/h5,11-12H,4,6-9H2,1-3H3,(H,15,16)(H,17,18)/b10-5+. The van der Waals surface area contributed by atoms with Gasteiger partial charge < -0.3 is 10.2 Å². The summed E-state index contributed by atoms with van der Waals surface area (Å²) >= 11 is 0. The summed E-state index contributed by atoms with van der Waals surface area (Å²) in [5, 5.41) is 17.3. The van der Waals surface area contributed by atoms with Crippen LogP contribution in [0.15, 0.2) is 11.6 Å². The fourth-order valence-corrected chi connectivity index (χ4v) is 2.02. The molecule has 18 heavy (non-hydrogen) atoms. The molecule has 0 rings (SSSR count). The van der Waals surface area contributed by atoms with E-state index in [4.69, 9.17) is 10.2 Å². The van der Waals surface area contributed by atoms with Gasteiger partial charge in [-0.05, 0) is 38.0 Å². The highest BCUT2D eigenvalue weighted by Crippen LogP contribution is 2.17. The van der Waals surface area contributed by atoms with Crippen molar-refractivity contribution < 1.29 is 19.8 Å². The molecule has 0 amide bonds. The van der Waals surface area contributed by atoms with E-state index >= 15 is 0 Å². The van der Waals surface area contributed by atoms with Gasteiger partial charge in [0.15, 0.2) is 0 Å². The Balaban J connectivity index is 3.90. The van der Waals surface area contributed by atoms with Crippen molar-refractivity contribution in [3.05, 3.63) is 11.6 Å². The van der Waals surface area contributed by atoms with Gasteiger partial charge in [-0.3, -0.25) is 9.59 Å². The molecule has 0 radical (unpaired) electrons. The van der Waals surface area contributed by atoms with Gasteiger partial charge in [0, 0.05) is 12.8 Å². The van der Waals surface area contributed by atoms with Crippen LogP contribution in [0, 0.1) is 11.8 Å². The highest BCUT2D eigenvalue weighted by Gasteiger charge is 2.09. The molecule has 0 aliphatic rings. The number of carboxylic acids is 2. The summed E-state index contributed by atoms with van der Waals surface area (Å²) in [6, 6.07) is 0. The smallest absolute Gasteiger partial charge is 0.303 e. The molecule has 0 fully saturated rings. The number of rotatable bonds is 9. The molecule has 104 valence electrons. The molecule has 0 aromatic carbocycles. The van der Waals surface area contributed by atoms with Crippen LogP contribution in [0.4, 0.5) is 0 Å². The molecule has 0 heterocycles. The van der Waals surface area contributed by atoms with Gasteiger partial charge in [-0.15, -0.1) is 0 Å². The maximum atomic E-state index is 10.5. The summed E-state index contributed by atoms with van der Waals surface area (Å²) in [6.45, 7) is 5.86. The molecule has 4 nitrogen and oxygen atoms in total. The average Bonchev–Trinajstić information content (AvgIpc) is 2.13. The molecular weight excluding hydrogens is 232 g/mol. The van der Waals surface area contributed by atoms with Crippen molar-refractivity contribution in [1.82, 2.24) is 0 Å². The predicted molar refractivity (Wildman–Crippen MR) is 70.4 cm³/mol. The van der Waals surface area contributed by atoms with Gasteiger partial charge in [-0.2, -0.15) is 0 Å². The third kappa shape index (κ3) is 9.87. The van der Waals surface area contributed by atoms with Crippen molar-refractivity contribution in [2.75, 3.05) is 0 Å². The number of aliphatic carboxylic acids is 2. The van der Waals surface area contributed by atoms with E-state index < -0.39 is 11.9 Å². The summed E-state index contributed by atoms with van der Waals surface area (Å²) in [5.41, 5.74) is 1.19. The van der Waals surface area contributed by atoms with E-state index in [0.717, 1.165) is 19.3 Å². The Morgan fingerprint density at radius 1 is 1.00 bits per heavy atom. The number of carbonyl (C=O) groups is 2. The van der Waals surface area contributed by atoms with Gasteiger partial charge in [-0.25, -0.2) is 0 Å². The molecule has 0 saturated heterocycles. The average molecular weight is 256 g/mol. The third-order valence-corrected chi connectivity index (χ3v) is 2.87. The maximum absolute atomic E-state index is 10.5. The monoisotopic (exact) mass is 256 g/mol. The first-order chi connectivity index (χ1) is 8.31. The van der Waals surface area contributed by atoms with Crippen molar-refractivity contribution in [1.29, 1.82) is 0 Å². The van der Waals surface area contributed by atoms with Gasteiger partial charge >= 0.3 is 11.9 Å². The van der Waals surface area contributed by atoms with Crippen molar-refractivity contribution in [2.45, 2.75) is 52.9 Å². The van der Waals surface area contributed by atoms with Gasteiger partial charge in [0.2, 0.25) is 0 Å². The lowest BCUT2D eigenvalue weighted by Gasteiger charge is -2.10. The van der Waals surface area contributed by atoms with E-state index in [-0.39, 0.29) is 24.7 Å². The maximum Gasteiger partial charge on any atom is 0.303 e. The zero-order valence-electron chi connectivity index (χ0n) is 11.5. The largest absolute Gasteiger partial charge is 0.481 e. The van der Waals surface area contributed by atoms with Crippen LogP contribution in [0.1, 0.15) is 52.9 Å². The minimum atomic E-state index is -0.759. The second-order valence-corrected chi connectivity index (χ2v) is 5.24. The van der Waals surface area contributed by atoms with E-state index in [0.29, 0.717) is 0 Å². The Labute approximate surface area is 109 Å². The summed E-state index contributed by atoms with van der Waals surface area (Å²) in [5.74, 6) is -1.18. The molecule has 0 bridgehead atoms. The van der Waals surface area contributed by atoms with E-state index in [1.165, 1.54) is 5.57 Å². The van der Waals surface area contributed by atoms with Crippen LogP contribution in [-0.2, 0) is 9.59 Å². The van der Waals surface area contributed by atoms with Crippen LogP contribution in [-0.4, -0.2) is 22.2 Å². The Bertz CT molecular complexity index is 307. The molecule has 0 aliphatic heterocycles. The molecule has 2 N–H and O–H groups in total. The van der Waals surface area contributed by atoms with Crippen molar-refractivity contribution in [3.8, 4) is 0 Å². The number of allylic oxidation sites excluding steroid dienone is 2. The zero-order chi connectivity index (χ0) is 14.1. The first-order valence-electron chi connectivity index (χ1n) is 6.40. The minimum Gasteiger partial charge on any atom is -0.481 e. The van der Waals surface area contributed by atoms with Crippen LogP contribution in [0.5, 0.6) is 0 Å². The van der Waals surface area contributed by atoms with E-state index in [1.807, 2.05) is 20.8 Å². The molecule has 4 heteroatoms. The third-order valence-electron chi connectivity index (χ3n) is 2.87. The molecule has 0 aliphatic carbocycles. The Morgan fingerprint density at radius 2 is 1.50 bits per heavy atom. The van der Waals surface area contributed by atoms with Crippen LogP contribution in [0.2, 0.25) is 0 Å². The van der Waals surface area contributed by atoms with Gasteiger partial charge in [-0.1, -0.05) is 25.5 Å². The molecule has 2 unspecified atom stereocenters. The second-order valence-electron chi connectivity index (χ2n) is 5.24. The predicted octanol–water partition coefficient (Wildman–Crippen LogP) is 3.32. The Morgan fingerprint density at radius 3 is 2.00 bits per heavy atom. The van der Waals surface area contributed by atoms with Crippen LogP contribution >= 0.6 is 0 Å². The van der Waals surface area contributed by atoms with Crippen molar-refractivity contribution >= 4 is 11.9 Å². The topological polar surface area (TPSA) is 74.6 Å². The zero-order valence-corrected chi connectivity index (χ0v) is 11.5. The Kier molecular flexibility index (Phi) is 8.08. The Hall–Kier alpha value is -1.32. The molecule has 0 spiro atoms. The molecular formula is C14H24O4. The number of carboxylic acid groups (broad SMARTS) is 2. The highest BCUT2D eigenvalue weighted by molar-refractivity contribution is 5.67. The van der Waals surface area contributed by atoms with E-state index in [2.05, 4.69) is 6.08 Å². The van der Waals surface area contributed by atoms with Crippen LogP contribution in [0.25, 0.3) is 0 Å². The van der Waals surface area contributed by atoms with Gasteiger partial charge in [0.05, 0.1) is 0 Å². The summed E-state index contributed by atoms with van der Waals surface area (Å²) in [6.07, 6.45) is 5.01. The number of hydrogen-bond acceptors (Lipinski definition) is 2. The van der Waals surface area contributed by atoms with E-state index in [1.54, 1.807) is 0 Å². The SMILES string of the molecule is C/C(=C\CCC(C)CC(=O)O)CC(C)CC(=O)O. The fraction of sp³-hybridized carbons (Fsp3) is 0.714. The van der Waals surface area contributed by atoms with Gasteiger partial charge in [0.25, 0.3) is 0 Å². The van der Waals surface area contributed by atoms with Crippen molar-refractivity contribution in [3.63, 3.8) is 0 Å². The van der Waals surface area contributed by atoms with Crippen LogP contribution < -0.4 is 0 Å². The lowest BCUT2D eigenvalue weighted by Crippen LogP contribution is -2.05. The first-order valence-corrected chi connectivity index (χ1v) is 6.40. The highest BCUT2D eigenvalue weighted by atomic mass is 16.4. The molecule has 2 atom stereocenters. The van der Waals surface area contributed by atoms with Crippen LogP contribution in [0.3, 0.4) is 0 Å². The normalized spacial score (nSPS) is 15.2. The lowest BCUT2D eigenvalue weighted by molar-refractivity contribution is -0.139. The quantitative estimate of drug-likeness (QED) is 0.620. The molecule has 0 aromatic rings. The second kappa shape index (κ2) is 8.72. The van der Waals surface area contributed by atoms with Crippen molar-refractivity contribution in [2.24, 2.45) is 11.8 Å². The minimum absolute atomic E-state index is 0.148. The first kappa shape index (κ1) is 16.7. The number of hydrogen-bond donors (Lipinski definition) is 2. The molecule has 0 saturated carbocycles. The summed E-state index contributed by atoms with van der Waals surface area (Å²) < 4.78 is 0. The fourth-order valence-electron chi connectivity index (χ4n) is 2.02. The van der Waals surface area contributed by atoms with E-state index in [9.17, 15) is 9.59 Å².